The summed E-state index contributed by atoms with van der Waals surface area (Å²) in [5.41, 5.74) is 0. The molecule has 2 nitrogen and oxygen atoms in total. The number of nitrogens with zero attached hydrogens (tertiary/aromatic N) is 1. The van der Waals surface area contributed by atoms with Crippen LogP contribution in [0.25, 0.3) is 0 Å². The molecule has 1 aliphatic rings. The molecule has 0 radical (unpaired) electrons. The van der Waals surface area contributed by atoms with Crippen molar-refractivity contribution in [3.05, 3.63) is 0 Å². The maximum absolute atomic E-state index is 11.6. The van der Waals surface area contributed by atoms with Gasteiger partial charge in [-0.05, 0) is 26.4 Å². The van der Waals surface area contributed by atoms with Crippen molar-refractivity contribution in [1.29, 1.82) is 0 Å². The second-order valence-corrected chi connectivity index (χ2v) is 3.78. The number of carbonyl (C=O) groups is 1. The highest BCUT2D eigenvalue weighted by Gasteiger charge is 2.22. The van der Waals surface area contributed by atoms with Gasteiger partial charge in [0.1, 0.15) is 5.78 Å². The zero-order valence-corrected chi connectivity index (χ0v) is 8.18. The molecule has 1 aliphatic carbocycles. The molecule has 0 bridgehead atoms. The van der Waals surface area contributed by atoms with E-state index < -0.39 is 0 Å². The number of ketones is 1. The van der Waals surface area contributed by atoms with Gasteiger partial charge in [0, 0.05) is 5.92 Å². The molecule has 12 heavy (non-hydrogen) atoms. The Kier molecular flexibility index (Phi) is 3.73. The van der Waals surface area contributed by atoms with Gasteiger partial charge in [0.2, 0.25) is 0 Å². The van der Waals surface area contributed by atoms with Gasteiger partial charge in [-0.3, -0.25) is 9.69 Å². The van der Waals surface area contributed by atoms with Gasteiger partial charge in [-0.2, -0.15) is 0 Å². The number of hydrogen-bond donors (Lipinski definition) is 0. The highest BCUT2D eigenvalue weighted by molar-refractivity contribution is 5.83. The minimum atomic E-state index is 0.388. The fourth-order valence-corrected chi connectivity index (χ4v) is 1.75. The number of hydrogen-bond acceptors (Lipinski definition) is 2. The molecule has 1 rings (SSSR count). The van der Waals surface area contributed by atoms with Gasteiger partial charge < -0.3 is 0 Å². The van der Waals surface area contributed by atoms with E-state index in [0.717, 1.165) is 19.4 Å². The predicted octanol–water partition coefficient (Wildman–Crippen LogP) is 1.70. The lowest BCUT2D eigenvalue weighted by Gasteiger charge is -2.15. The van der Waals surface area contributed by atoms with E-state index in [1.807, 2.05) is 7.05 Å². The van der Waals surface area contributed by atoms with E-state index in [-0.39, 0.29) is 0 Å². The second-order valence-electron chi connectivity index (χ2n) is 3.78. The number of Topliss-reactive ketones (excluding diaryl/α,β-unsaturated/α-hetero) is 1. The maximum Gasteiger partial charge on any atom is 0.149 e. The lowest BCUT2D eigenvalue weighted by molar-refractivity contribution is -0.123. The number of rotatable bonds is 4. The van der Waals surface area contributed by atoms with E-state index in [2.05, 4.69) is 11.8 Å². The summed E-state index contributed by atoms with van der Waals surface area (Å²) in [6.07, 6.45) is 4.78. The van der Waals surface area contributed by atoms with Crippen LogP contribution in [0.15, 0.2) is 0 Å². The van der Waals surface area contributed by atoms with Crippen molar-refractivity contribution in [2.24, 2.45) is 5.92 Å². The molecule has 0 unspecified atom stereocenters. The van der Waals surface area contributed by atoms with Crippen LogP contribution in [0.5, 0.6) is 0 Å². The molecule has 0 aromatic carbocycles. The number of carbonyl (C=O) groups excluding carboxylic acids is 1. The molecule has 2 heteroatoms. The summed E-state index contributed by atoms with van der Waals surface area (Å²) >= 11 is 0. The molecule has 0 aromatic rings. The molecule has 0 atom stereocenters. The van der Waals surface area contributed by atoms with Gasteiger partial charge in [-0.1, -0.05) is 19.8 Å². The molecule has 0 N–H and O–H groups in total. The summed E-state index contributed by atoms with van der Waals surface area (Å²) in [5, 5.41) is 0. The maximum atomic E-state index is 11.6. The Bertz CT molecular complexity index is 150. The monoisotopic (exact) mass is 169 g/mol. The Labute approximate surface area is 74.9 Å². The summed E-state index contributed by atoms with van der Waals surface area (Å²) in [5.74, 6) is 0.843. The highest BCUT2D eigenvalue weighted by atomic mass is 16.1. The highest BCUT2D eigenvalue weighted by Crippen LogP contribution is 2.25. The Morgan fingerprint density at radius 1 is 1.42 bits per heavy atom. The van der Waals surface area contributed by atoms with Crippen LogP contribution in [0, 0.1) is 5.92 Å². The first-order valence-corrected chi connectivity index (χ1v) is 4.95. The average Bonchev–Trinajstić information content (AvgIpc) is 2.56. The van der Waals surface area contributed by atoms with Crippen molar-refractivity contribution in [2.75, 3.05) is 20.1 Å². The van der Waals surface area contributed by atoms with E-state index in [0.29, 0.717) is 18.2 Å². The summed E-state index contributed by atoms with van der Waals surface area (Å²) in [7, 11) is 2.01. The Hall–Kier alpha value is -0.370. The van der Waals surface area contributed by atoms with Crippen LogP contribution in [-0.4, -0.2) is 30.8 Å². The van der Waals surface area contributed by atoms with Gasteiger partial charge in [0.25, 0.3) is 0 Å². The Balaban J connectivity index is 2.27. The Morgan fingerprint density at radius 2 is 2.00 bits per heavy atom. The number of likely N-dealkylation sites (N-methyl/N-ethyl adjacent to an activating group) is 1. The zero-order valence-electron chi connectivity index (χ0n) is 8.18. The second kappa shape index (κ2) is 4.61. The third-order valence-corrected chi connectivity index (χ3v) is 2.78. The van der Waals surface area contributed by atoms with Crippen molar-refractivity contribution in [3.8, 4) is 0 Å². The standard InChI is InChI=1S/C10H19NO/c1-3-11(2)8-10(12)9-6-4-5-7-9/h9H,3-8H2,1-2H3. The lowest BCUT2D eigenvalue weighted by Crippen LogP contribution is -2.29. The molecule has 0 saturated heterocycles. The minimum Gasteiger partial charge on any atom is -0.299 e. The van der Waals surface area contributed by atoms with Crippen LogP contribution in [0.3, 0.4) is 0 Å². The molecule has 0 heterocycles. The summed E-state index contributed by atoms with van der Waals surface area (Å²) in [6, 6.07) is 0. The molecule has 70 valence electrons. The molecule has 0 aliphatic heterocycles. The van der Waals surface area contributed by atoms with Crippen LogP contribution in [0.1, 0.15) is 32.6 Å². The van der Waals surface area contributed by atoms with E-state index in [4.69, 9.17) is 0 Å². The molecule has 1 saturated carbocycles. The molecule has 0 amide bonds. The van der Waals surface area contributed by atoms with Crippen molar-refractivity contribution >= 4 is 5.78 Å². The van der Waals surface area contributed by atoms with Gasteiger partial charge in [-0.25, -0.2) is 0 Å². The third-order valence-electron chi connectivity index (χ3n) is 2.78. The van der Waals surface area contributed by atoms with E-state index >= 15 is 0 Å². The first-order valence-electron chi connectivity index (χ1n) is 4.95. The van der Waals surface area contributed by atoms with Crippen molar-refractivity contribution in [1.82, 2.24) is 4.90 Å². The third kappa shape index (κ3) is 2.59. The van der Waals surface area contributed by atoms with Gasteiger partial charge >= 0.3 is 0 Å². The van der Waals surface area contributed by atoms with E-state index in [1.165, 1.54) is 12.8 Å². The molecule has 0 spiro atoms. The first kappa shape index (κ1) is 9.72. The largest absolute Gasteiger partial charge is 0.299 e. The van der Waals surface area contributed by atoms with Crippen molar-refractivity contribution < 1.29 is 4.79 Å². The molecular weight excluding hydrogens is 150 g/mol. The van der Waals surface area contributed by atoms with E-state index in [1.54, 1.807) is 0 Å². The first-order chi connectivity index (χ1) is 5.74. The summed E-state index contributed by atoms with van der Waals surface area (Å²) in [4.78, 5) is 13.7. The molecule has 1 fully saturated rings. The molecular formula is C10H19NO. The zero-order chi connectivity index (χ0) is 8.97. The van der Waals surface area contributed by atoms with Gasteiger partial charge in [0.15, 0.2) is 0 Å². The van der Waals surface area contributed by atoms with Crippen LogP contribution in [-0.2, 0) is 4.79 Å². The quantitative estimate of drug-likeness (QED) is 0.638. The van der Waals surface area contributed by atoms with Crippen LogP contribution < -0.4 is 0 Å². The smallest absolute Gasteiger partial charge is 0.149 e. The topological polar surface area (TPSA) is 20.3 Å². The molecule has 0 aromatic heterocycles. The van der Waals surface area contributed by atoms with Crippen molar-refractivity contribution in [3.63, 3.8) is 0 Å². The van der Waals surface area contributed by atoms with E-state index in [9.17, 15) is 4.79 Å². The summed E-state index contributed by atoms with van der Waals surface area (Å²) < 4.78 is 0. The lowest BCUT2D eigenvalue weighted by atomic mass is 10.0. The van der Waals surface area contributed by atoms with Crippen LogP contribution in [0.2, 0.25) is 0 Å². The predicted molar refractivity (Wildman–Crippen MR) is 50.1 cm³/mol. The van der Waals surface area contributed by atoms with Gasteiger partial charge in [-0.15, -0.1) is 0 Å². The fraction of sp³-hybridized carbons (Fsp3) is 0.900. The normalized spacial score (nSPS) is 18.9. The van der Waals surface area contributed by atoms with Crippen molar-refractivity contribution in [2.45, 2.75) is 32.6 Å². The average molecular weight is 169 g/mol. The van der Waals surface area contributed by atoms with Crippen LogP contribution >= 0.6 is 0 Å². The fourth-order valence-electron chi connectivity index (χ4n) is 1.75. The minimum absolute atomic E-state index is 0.388. The SMILES string of the molecule is CCN(C)CC(=O)C1CCCC1. The Morgan fingerprint density at radius 3 is 2.50 bits per heavy atom. The van der Waals surface area contributed by atoms with Gasteiger partial charge in [0.05, 0.1) is 6.54 Å². The van der Waals surface area contributed by atoms with Crippen LogP contribution in [0.4, 0.5) is 0 Å². The summed E-state index contributed by atoms with van der Waals surface area (Å²) in [6.45, 7) is 3.71.